The van der Waals surface area contributed by atoms with Gasteiger partial charge in [-0.1, -0.05) is 24.3 Å². The number of amides is 2. The number of alkyl halides is 4. The lowest BCUT2D eigenvalue weighted by molar-refractivity contribution is -0.134. The number of benzene rings is 3. The van der Waals surface area contributed by atoms with Gasteiger partial charge in [0.1, 0.15) is 11.6 Å². The van der Waals surface area contributed by atoms with Gasteiger partial charge in [0.05, 0.1) is 12.0 Å². The molecule has 0 unspecified atom stereocenters. The molecule has 46 heavy (non-hydrogen) atoms. The Morgan fingerprint density at radius 2 is 1.28 bits per heavy atom. The molecule has 9 nitrogen and oxygen atoms in total. The summed E-state index contributed by atoms with van der Waals surface area (Å²) < 4.78 is 91.1. The van der Waals surface area contributed by atoms with E-state index in [-0.39, 0.29) is 46.0 Å². The van der Waals surface area contributed by atoms with Crippen molar-refractivity contribution < 1.29 is 44.8 Å². The van der Waals surface area contributed by atoms with Gasteiger partial charge in [-0.25, -0.2) is 8.78 Å². The Balaban J connectivity index is 1.24. The maximum atomic E-state index is 15.1. The molecule has 5 aromatic rings. The normalized spacial score (nSPS) is 14.4. The van der Waals surface area contributed by atoms with Crippen LogP contribution in [0.5, 0.6) is 0 Å². The number of hydrogen-bond acceptors (Lipinski definition) is 8. The molecule has 0 aliphatic carbocycles. The van der Waals surface area contributed by atoms with Crippen molar-refractivity contribution in [3.05, 3.63) is 106 Å². The third kappa shape index (κ3) is 5.52. The lowest BCUT2D eigenvalue weighted by atomic mass is 9.76. The molecule has 0 radical (unpaired) electrons. The number of halogens is 6. The molecule has 0 N–H and O–H groups in total. The number of imide groups is 1. The highest BCUT2D eigenvalue weighted by Crippen LogP contribution is 2.37. The van der Waals surface area contributed by atoms with E-state index >= 15 is 8.78 Å². The number of fused-ring (bicyclic) bond motifs is 1. The highest BCUT2D eigenvalue weighted by molar-refractivity contribution is 6.13. The first-order valence-corrected chi connectivity index (χ1v) is 13.6. The van der Waals surface area contributed by atoms with Crippen molar-refractivity contribution in [2.45, 2.75) is 45.1 Å². The Kier molecular flexibility index (Phi) is 7.70. The van der Waals surface area contributed by atoms with Crippen LogP contribution in [0.4, 0.5) is 26.3 Å². The standard InChI is InChI=1S/C31H21F6N5O4/c1-31(2)20-8-3-14(9-15-4-5-16(11-21(15)32)25-38-40-27(45-25)23(34)35)10-19(20)29(43)42(30(31)44)13-18-7-6-17(12-22(18)33)26-39-41-28(46-26)24(36)37/h3-8,10-12,23-24H,9,13H2,1-2H3. The molecule has 3 aromatic carbocycles. The van der Waals surface area contributed by atoms with Gasteiger partial charge in [-0.2, -0.15) is 17.6 Å². The van der Waals surface area contributed by atoms with Gasteiger partial charge in [0.25, 0.3) is 17.7 Å². The molecule has 2 amide bonds. The van der Waals surface area contributed by atoms with Crippen molar-refractivity contribution in [3.63, 3.8) is 0 Å². The number of rotatable bonds is 8. The fourth-order valence-corrected chi connectivity index (χ4v) is 5.16. The molecule has 0 bridgehead atoms. The molecule has 6 rings (SSSR count). The molecule has 2 aromatic heterocycles. The van der Waals surface area contributed by atoms with E-state index in [4.69, 9.17) is 8.83 Å². The molecule has 0 spiro atoms. The topological polar surface area (TPSA) is 115 Å². The molecule has 0 saturated heterocycles. The number of aromatic nitrogens is 4. The zero-order chi connectivity index (χ0) is 32.9. The summed E-state index contributed by atoms with van der Waals surface area (Å²) in [6, 6.07) is 12.3. The summed E-state index contributed by atoms with van der Waals surface area (Å²) in [5.41, 5.74) is 0.283. The Morgan fingerprint density at radius 3 is 1.78 bits per heavy atom. The third-order valence-electron chi connectivity index (χ3n) is 7.59. The fourth-order valence-electron chi connectivity index (χ4n) is 5.16. The molecule has 0 atom stereocenters. The van der Waals surface area contributed by atoms with Crippen LogP contribution in [0.15, 0.2) is 63.4 Å². The average molecular weight is 642 g/mol. The lowest BCUT2D eigenvalue weighted by Gasteiger charge is -2.37. The van der Waals surface area contributed by atoms with Crippen LogP contribution in [0.25, 0.3) is 22.9 Å². The van der Waals surface area contributed by atoms with Crippen LogP contribution < -0.4 is 0 Å². The van der Waals surface area contributed by atoms with Crippen molar-refractivity contribution >= 4 is 11.8 Å². The van der Waals surface area contributed by atoms with Gasteiger partial charge < -0.3 is 8.83 Å². The van der Waals surface area contributed by atoms with E-state index in [9.17, 15) is 27.2 Å². The van der Waals surface area contributed by atoms with Gasteiger partial charge in [-0.3, -0.25) is 14.5 Å². The van der Waals surface area contributed by atoms with Crippen molar-refractivity contribution in [3.8, 4) is 22.9 Å². The van der Waals surface area contributed by atoms with Crippen molar-refractivity contribution in [2.75, 3.05) is 0 Å². The molecule has 3 heterocycles. The summed E-state index contributed by atoms with van der Waals surface area (Å²) in [4.78, 5) is 28.0. The summed E-state index contributed by atoms with van der Waals surface area (Å²) in [5.74, 6) is -5.18. The van der Waals surface area contributed by atoms with Crippen LogP contribution in [-0.2, 0) is 23.2 Å². The van der Waals surface area contributed by atoms with E-state index < -0.39 is 60.0 Å². The van der Waals surface area contributed by atoms with Crippen molar-refractivity contribution in [1.82, 2.24) is 25.3 Å². The van der Waals surface area contributed by atoms with E-state index in [1.165, 1.54) is 30.3 Å². The van der Waals surface area contributed by atoms with Crippen LogP contribution in [0.3, 0.4) is 0 Å². The zero-order valence-corrected chi connectivity index (χ0v) is 23.9. The van der Waals surface area contributed by atoms with E-state index in [0.29, 0.717) is 11.1 Å². The van der Waals surface area contributed by atoms with Gasteiger partial charge in [-0.15, -0.1) is 20.4 Å². The maximum absolute atomic E-state index is 15.1. The second-order valence-corrected chi connectivity index (χ2v) is 11.0. The molecule has 0 saturated carbocycles. The predicted molar refractivity (Wildman–Crippen MR) is 146 cm³/mol. The molecule has 1 aliphatic rings. The minimum atomic E-state index is -3.00. The maximum Gasteiger partial charge on any atom is 0.314 e. The number of nitrogens with zero attached hydrogens (tertiary/aromatic N) is 5. The summed E-state index contributed by atoms with van der Waals surface area (Å²) >= 11 is 0. The van der Waals surface area contributed by atoms with Crippen LogP contribution in [0, 0.1) is 11.6 Å². The predicted octanol–water partition coefficient (Wildman–Crippen LogP) is 6.99. The SMILES string of the molecule is CC1(C)C(=O)N(Cc2ccc(-c3nnc(C(F)F)o3)cc2F)C(=O)c2cc(Cc3ccc(-c4nnc(C(F)F)o4)cc3F)ccc21. The molecule has 15 heteroatoms. The summed E-state index contributed by atoms with van der Waals surface area (Å²) in [7, 11) is 0. The lowest BCUT2D eigenvalue weighted by Crippen LogP contribution is -2.51. The number of carbonyl (C=O) groups excluding carboxylic acids is 2. The fraction of sp³-hybridized carbons (Fsp3) is 0.226. The second kappa shape index (κ2) is 11.5. The van der Waals surface area contributed by atoms with Crippen LogP contribution in [0.2, 0.25) is 0 Å². The van der Waals surface area contributed by atoms with Gasteiger partial charge in [0.2, 0.25) is 17.7 Å². The number of hydrogen-bond donors (Lipinski definition) is 0. The minimum Gasteiger partial charge on any atom is -0.415 e. The number of carbonyl (C=O) groups is 2. The quantitative estimate of drug-likeness (QED) is 0.132. The van der Waals surface area contributed by atoms with Gasteiger partial charge in [0.15, 0.2) is 0 Å². The largest absolute Gasteiger partial charge is 0.415 e. The van der Waals surface area contributed by atoms with E-state index in [0.717, 1.165) is 17.0 Å². The van der Waals surface area contributed by atoms with Gasteiger partial charge in [-0.05, 0) is 60.9 Å². The first kappa shape index (κ1) is 30.7. The highest BCUT2D eigenvalue weighted by atomic mass is 19.3. The van der Waals surface area contributed by atoms with E-state index in [2.05, 4.69) is 20.4 Å². The Morgan fingerprint density at radius 1 is 0.739 bits per heavy atom. The summed E-state index contributed by atoms with van der Waals surface area (Å²) in [6.45, 7) is 2.82. The van der Waals surface area contributed by atoms with Gasteiger partial charge in [0, 0.05) is 28.7 Å². The van der Waals surface area contributed by atoms with Crippen LogP contribution >= 0.6 is 0 Å². The first-order chi connectivity index (χ1) is 21.8. The Bertz CT molecular complexity index is 1990. The van der Waals surface area contributed by atoms with Gasteiger partial charge >= 0.3 is 12.9 Å². The van der Waals surface area contributed by atoms with E-state index in [1.54, 1.807) is 26.0 Å². The second-order valence-electron chi connectivity index (χ2n) is 11.0. The highest BCUT2D eigenvalue weighted by Gasteiger charge is 2.44. The van der Waals surface area contributed by atoms with E-state index in [1.807, 2.05) is 0 Å². The smallest absolute Gasteiger partial charge is 0.314 e. The molecular formula is C31H21F6N5O4. The van der Waals surface area contributed by atoms with Crippen molar-refractivity contribution in [2.24, 2.45) is 0 Å². The summed E-state index contributed by atoms with van der Waals surface area (Å²) in [5, 5.41) is 13.5. The molecule has 0 fully saturated rings. The zero-order valence-electron chi connectivity index (χ0n) is 23.9. The molecular weight excluding hydrogens is 620 g/mol. The Labute approximate surface area is 255 Å². The monoisotopic (exact) mass is 641 g/mol. The van der Waals surface area contributed by atoms with Crippen LogP contribution in [0.1, 0.15) is 71.1 Å². The Hall–Kier alpha value is -5.34. The van der Waals surface area contributed by atoms with Crippen LogP contribution in [-0.4, -0.2) is 37.1 Å². The summed E-state index contributed by atoms with van der Waals surface area (Å²) in [6.07, 6.45) is -5.94. The minimum absolute atomic E-state index is 0.0291. The van der Waals surface area contributed by atoms with Crippen molar-refractivity contribution in [1.29, 1.82) is 0 Å². The third-order valence-corrected chi connectivity index (χ3v) is 7.59. The first-order valence-electron chi connectivity index (χ1n) is 13.6. The average Bonchev–Trinajstić information content (AvgIpc) is 3.72. The molecule has 1 aliphatic heterocycles. The molecule has 236 valence electrons.